The fourth-order valence-corrected chi connectivity index (χ4v) is 1.03. The molecule has 0 aliphatic carbocycles. The first-order valence-electron chi connectivity index (χ1n) is 3.96. The third-order valence-electron chi connectivity index (χ3n) is 1.59. The summed E-state index contributed by atoms with van der Waals surface area (Å²) in [7, 11) is 0. The van der Waals surface area contributed by atoms with Crippen molar-refractivity contribution >= 4 is 0 Å². The second-order valence-corrected chi connectivity index (χ2v) is 2.43. The Hall–Kier alpha value is -1.57. The summed E-state index contributed by atoms with van der Waals surface area (Å²) < 4.78 is 0. The van der Waals surface area contributed by atoms with Crippen molar-refractivity contribution in [2.45, 2.75) is 0 Å². The van der Waals surface area contributed by atoms with E-state index in [4.69, 9.17) is 9.93 Å². The zero-order valence-electron chi connectivity index (χ0n) is 7.74. The van der Waals surface area contributed by atoms with E-state index in [2.05, 4.69) is 9.97 Å². The quantitative estimate of drug-likeness (QED) is 0.766. The molecule has 0 atom stereocenters. The van der Waals surface area contributed by atoms with Crippen LogP contribution in [0.4, 0.5) is 0 Å². The topological polar surface area (TPSA) is 59.9 Å². The minimum Gasteiger partial charge on any atom is -0.255 e. The first-order chi connectivity index (χ1) is 6.97. The second kappa shape index (κ2) is 7.80. The van der Waals surface area contributed by atoms with Crippen LogP contribution in [0, 0.1) is 9.93 Å². The second-order valence-electron chi connectivity index (χ2n) is 2.43. The molecule has 0 aliphatic heterocycles. The maximum atomic E-state index is 7.00. The predicted molar refractivity (Wildman–Crippen MR) is 54.2 cm³/mol. The smallest absolute Gasteiger partial charge is 0.0886 e. The Balaban J connectivity index is 0.000000617. The van der Waals surface area contributed by atoms with Crippen molar-refractivity contribution in [2.75, 3.05) is 0 Å². The zero-order valence-corrected chi connectivity index (χ0v) is 9.01. The van der Waals surface area contributed by atoms with Gasteiger partial charge in [-0.3, -0.25) is 9.97 Å². The normalized spacial score (nSPS) is 8.00. The summed E-state index contributed by atoms with van der Waals surface area (Å²) in [5.41, 5.74) is 1.83. The summed E-state index contributed by atoms with van der Waals surface area (Å²) in [5, 5.41) is 0. The molecule has 0 saturated carbocycles. The van der Waals surface area contributed by atoms with Gasteiger partial charge in [-0.25, -0.2) is 0 Å². The standard InChI is InChI=1S/C10H8N2.Cr.O2/c1-3-7-11-9(5-1)10-6-2-4-8-12-10;;1-2/h1-8H;;. The number of pyridine rings is 2. The Kier molecular flexibility index (Phi) is 6.99. The van der Waals surface area contributed by atoms with Crippen LogP contribution in [0.1, 0.15) is 0 Å². The first kappa shape index (κ1) is 13.4. The monoisotopic (exact) mass is 240 g/mol. The Labute approximate surface area is 97.7 Å². The number of hydrogen-bond acceptors (Lipinski definition) is 4. The van der Waals surface area contributed by atoms with E-state index in [0.29, 0.717) is 0 Å². The van der Waals surface area contributed by atoms with Gasteiger partial charge in [-0.1, -0.05) is 12.1 Å². The van der Waals surface area contributed by atoms with E-state index in [9.17, 15) is 0 Å². The molecule has 4 nitrogen and oxygen atoms in total. The molecule has 0 aromatic carbocycles. The maximum Gasteiger partial charge on any atom is 0.0886 e. The van der Waals surface area contributed by atoms with Crippen molar-refractivity contribution in [3.8, 4) is 11.4 Å². The molecule has 2 aromatic heterocycles. The van der Waals surface area contributed by atoms with E-state index in [-0.39, 0.29) is 17.4 Å². The van der Waals surface area contributed by atoms with Gasteiger partial charge >= 0.3 is 0 Å². The van der Waals surface area contributed by atoms with Crippen LogP contribution in [-0.2, 0) is 17.4 Å². The molecule has 5 heteroatoms. The molecule has 0 spiro atoms. The van der Waals surface area contributed by atoms with Crippen molar-refractivity contribution in [2.24, 2.45) is 0 Å². The number of aromatic nitrogens is 2. The molecule has 0 bridgehead atoms. The molecule has 0 amide bonds. The van der Waals surface area contributed by atoms with Gasteiger partial charge in [0.05, 0.1) is 11.4 Å². The van der Waals surface area contributed by atoms with Gasteiger partial charge in [0.25, 0.3) is 0 Å². The van der Waals surface area contributed by atoms with E-state index in [0.717, 1.165) is 11.4 Å². The van der Waals surface area contributed by atoms with Gasteiger partial charge in [0.1, 0.15) is 0 Å². The van der Waals surface area contributed by atoms with Gasteiger partial charge in [-0.15, -0.1) is 0 Å². The summed E-state index contributed by atoms with van der Waals surface area (Å²) >= 11 is 0. The van der Waals surface area contributed by atoms with Gasteiger partial charge in [0, 0.05) is 39.7 Å². The van der Waals surface area contributed by atoms with Crippen LogP contribution in [0.15, 0.2) is 48.8 Å². The Morgan fingerprint density at radius 2 is 1.13 bits per heavy atom. The minimum atomic E-state index is 0. The molecular formula is C10H8CrN2O2. The number of nitrogens with zero attached hydrogens (tertiary/aromatic N) is 2. The number of rotatable bonds is 1. The third kappa shape index (κ3) is 3.98. The van der Waals surface area contributed by atoms with Gasteiger partial charge in [0.2, 0.25) is 0 Å². The van der Waals surface area contributed by atoms with Crippen LogP contribution >= 0.6 is 0 Å². The average Bonchev–Trinajstić information content (AvgIpc) is 2.34. The molecule has 2 heterocycles. The summed E-state index contributed by atoms with van der Waals surface area (Å²) in [4.78, 5) is 22.4. The molecule has 15 heavy (non-hydrogen) atoms. The molecule has 0 N–H and O–H groups in total. The maximum absolute atomic E-state index is 7.00. The van der Waals surface area contributed by atoms with Crippen LogP contribution in [0.2, 0.25) is 0 Å². The average molecular weight is 240 g/mol. The summed E-state index contributed by atoms with van der Waals surface area (Å²) in [6.45, 7) is 0. The summed E-state index contributed by atoms with van der Waals surface area (Å²) in [6, 6.07) is 11.6. The van der Waals surface area contributed by atoms with Crippen LogP contribution in [-0.4, -0.2) is 9.97 Å². The molecule has 2 aromatic rings. The molecule has 0 unspecified atom stereocenters. The molecular weight excluding hydrogens is 232 g/mol. The van der Waals surface area contributed by atoms with Gasteiger partial charge in [-0.05, 0) is 24.3 Å². The first-order valence-corrected chi connectivity index (χ1v) is 3.96. The SMILES string of the molecule is O=O.[Cr].c1ccc(-c2ccccn2)nc1. The molecule has 0 aliphatic rings. The van der Waals surface area contributed by atoms with Crippen molar-refractivity contribution in [3.63, 3.8) is 0 Å². The predicted octanol–water partition coefficient (Wildman–Crippen LogP) is 2.21. The summed E-state index contributed by atoms with van der Waals surface area (Å²) in [5.74, 6) is 0. The molecule has 0 radical (unpaired) electrons. The van der Waals surface area contributed by atoms with Crippen LogP contribution in [0.5, 0.6) is 0 Å². The fraction of sp³-hybridized carbons (Fsp3) is 0. The van der Waals surface area contributed by atoms with Crippen LogP contribution < -0.4 is 0 Å². The van der Waals surface area contributed by atoms with Crippen molar-refractivity contribution in [1.29, 1.82) is 0 Å². The van der Waals surface area contributed by atoms with Crippen LogP contribution in [0.25, 0.3) is 11.4 Å². The molecule has 0 saturated heterocycles. The fourth-order valence-electron chi connectivity index (χ4n) is 1.03. The third-order valence-corrected chi connectivity index (χ3v) is 1.59. The van der Waals surface area contributed by atoms with Crippen molar-refractivity contribution in [3.05, 3.63) is 58.7 Å². The van der Waals surface area contributed by atoms with E-state index in [1.165, 1.54) is 0 Å². The minimum absolute atomic E-state index is 0. The van der Waals surface area contributed by atoms with Crippen molar-refractivity contribution in [1.82, 2.24) is 9.97 Å². The van der Waals surface area contributed by atoms with E-state index >= 15 is 0 Å². The van der Waals surface area contributed by atoms with E-state index in [1.807, 2.05) is 36.4 Å². The Morgan fingerprint density at radius 1 is 0.733 bits per heavy atom. The van der Waals surface area contributed by atoms with Crippen LogP contribution in [0.3, 0.4) is 0 Å². The van der Waals surface area contributed by atoms with Gasteiger partial charge < -0.3 is 0 Å². The Bertz CT molecular complexity index is 332. The molecule has 0 fully saturated rings. The van der Waals surface area contributed by atoms with Crippen molar-refractivity contribution < 1.29 is 17.4 Å². The van der Waals surface area contributed by atoms with E-state index < -0.39 is 0 Å². The molecule has 2 rings (SSSR count). The zero-order chi connectivity index (χ0) is 10.2. The largest absolute Gasteiger partial charge is 0.255 e. The van der Waals surface area contributed by atoms with Gasteiger partial charge in [0.15, 0.2) is 0 Å². The number of hydrogen-bond donors (Lipinski definition) is 0. The van der Waals surface area contributed by atoms with E-state index in [1.54, 1.807) is 12.4 Å². The van der Waals surface area contributed by atoms with Gasteiger partial charge in [-0.2, -0.15) is 0 Å². The summed E-state index contributed by atoms with van der Waals surface area (Å²) in [6.07, 6.45) is 3.54. The molecule has 76 valence electrons. The Morgan fingerprint density at radius 3 is 1.40 bits per heavy atom.